The first-order valence-corrected chi connectivity index (χ1v) is 9.56. The smallest absolute Gasteiger partial charge is 0.258 e. The number of halogens is 1. The van der Waals surface area contributed by atoms with Crippen LogP contribution in [0.2, 0.25) is 0 Å². The molecule has 0 saturated heterocycles. The molecule has 2 aromatic carbocycles. The van der Waals surface area contributed by atoms with E-state index in [2.05, 4.69) is 21.7 Å². The first-order chi connectivity index (χ1) is 14.7. The zero-order valence-corrected chi connectivity index (χ0v) is 17.4. The third-order valence-corrected chi connectivity index (χ3v) is 4.87. The van der Waals surface area contributed by atoms with Crippen LogP contribution in [-0.4, -0.2) is 16.8 Å². The molecule has 7 heteroatoms. The summed E-state index contributed by atoms with van der Waals surface area (Å²) < 4.78 is 14.3. The van der Waals surface area contributed by atoms with Crippen LogP contribution >= 0.6 is 0 Å². The van der Waals surface area contributed by atoms with E-state index in [1.165, 1.54) is 30.5 Å². The second-order valence-electron chi connectivity index (χ2n) is 7.61. The molecule has 0 aliphatic carbocycles. The number of hydrogen-bond donors (Lipinski definition) is 2. The molecule has 2 N–H and O–H groups in total. The quantitative estimate of drug-likeness (QED) is 0.622. The number of aromatic nitrogens is 1. The predicted molar refractivity (Wildman–Crippen MR) is 116 cm³/mol. The summed E-state index contributed by atoms with van der Waals surface area (Å²) in [6.45, 7) is 5.15. The van der Waals surface area contributed by atoms with Gasteiger partial charge in [-0.25, -0.2) is 4.39 Å². The van der Waals surface area contributed by atoms with Crippen molar-refractivity contribution in [1.82, 2.24) is 4.98 Å². The third kappa shape index (κ3) is 4.93. The highest BCUT2D eigenvalue weighted by atomic mass is 19.1. The SMILES string of the molecule is Cc1ccc(NC(=O)c2cc(C(C)(C)C#N)ccc2F)cc1C(=O)Nc1cccnc1. The molecule has 1 aromatic heterocycles. The Morgan fingerprint density at radius 1 is 1.00 bits per heavy atom. The Morgan fingerprint density at radius 3 is 2.39 bits per heavy atom. The van der Waals surface area contributed by atoms with E-state index in [1.54, 1.807) is 51.2 Å². The van der Waals surface area contributed by atoms with Crippen molar-refractivity contribution in [2.45, 2.75) is 26.2 Å². The first-order valence-electron chi connectivity index (χ1n) is 9.56. The monoisotopic (exact) mass is 416 g/mol. The summed E-state index contributed by atoms with van der Waals surface area (Å²) in [5.74, 6) is -1.72. The van der Waals surface area contributed by atoms with Gasteiger partial charge in [-0.1, -0.05) is 12.1 Å². The van der Waals surface area contributed by atoms with Gasteiger partial charge in [-0.05, 0) is 68.3 Å². The number of amides is 2. The molecule has 0 unspecified atom stereocenters. The molecule has 156 valence electrons. The van der Waals surface area contributed by atoms with Gasteiger partial charge in [-0.15, -0.1) is 0 Å². The topological polar surface area (TPSA) is 94.9 Å². The highest BCUT2D eigenvalue weighted by Gasteiger charge is 2.23. The van der Waals surface area contributed by atoms with Crippen LogP contribution in [0.1, 0.15) is 45.7 Å². The fraction of sp³-hybridized carbons (Fsp3) is 0.167. The number of pyridine rings is 1. The minimum absolute atomic E-state index is 0.178. The number of aryl methyl sites for hydroxylation is 1. The van der Waals surface area contributed by atoms with Crippen LogP contribution in [0, 0.1) is 24.1 Å². The number of nitriles is 1. The summed E-state index contributed by atoms with van der Waals surface area (Å²) in [4.78, 5) is 29.3. The molecule has 0 saturated carbocycles. The van der Waals surface area contributed by atoms with E-state index >= 15 is 0 Å². The van der Waals surface area contributed by atoms with Gasteiger partial charge >= 0.3 is 0 Å². The number of nitrogens with zero attached hydrogens (tertiary/aromatic N) is 2. The van der Waals surface area contributed by atoms with E-state index in [1.807, 2.05) is 0 Å². The highest BCUT2D eigenvalue weighted by Crippen LogP contribution is 2.25. The highest BCUT2D eigenvalue weighted by molar-refractivity contribution is 6.08. The van der Waals surface area contributed by atoms with E-state index in [0.29, 0.717) is 28.1 Å². The molecule has 6 nitrogen and oxygen atoms in total. The maximum atomic E-state index is 14.3. The van der Waals surface area contributed by atoms with Gasteiger partial charge in [-0.3, -0.25) is 14.6 Å². The van der Waals surface area contributed by atoms with Crippen LogP contribution in [0.15, 0.2) is 60.9 Å². The van der Waals surface area contributed by atoms with Gasteiger partial charge in [0.25, 0.3) is 11.8 Å². The summed E-state index contributed by atoms with van der Waals surface area (Å²) in [5.41, 5.74) is 1.44. The minimum Gasteiger partial charge on any atom is -0.322 e. The largest absolute Gasteiger partial charge is 0.322 e. The Balaban J connectivity index is 1.84. The molecule has 0 spiro atoms. The fourth-order valence-electron chi connectivity index (χ4n) is 2.93. The number of carbonyl (C=O) groups excluding carboxylic acids is 2. The van der Waals surface area contributed by atoms with Crippen molar-refractivity contribution in [3.63, 3.8) is 0 Å². The summed E-state index contributed by atoms with van der Waals surface area (Å²) in [5, 5.41) is 14.7. The summed E-state index contributed by atoms with van der Waals surface area (Å²) in [6.07, 6.45) is 3.13. The van der Waals surface area contributed by atoms with Gasteiger partial charge < -0.3 is 10.6 Å². The number of anilines is 2. The molecule has 3 aromatic rings. The molecule has 0 bridgehead atoms. The Morgan fingerprint density at radius 2 is 1.71 bits per heavy atom. The molecular weight excluding hydrogens is 395 g/mol. The Labute approximate surface area is 179 Å². The van der Waals surface area contributed by atoms with Crippen molar-refractivity contribution in [2.75, 3.05) is 10.6 Å². The summed E-state index contributed by atoms with van der Waals surface area (Å²) in [6, 6.07) is 14.4. The minimum atomic E-state index is -0.871. The van der Waals surface area contributed by atoms with Crippen LogP contribution in [0.4, 0.5) is 15.8 Å². The standard InChI is InChI=1S/C24H21FN4O2/c1-15-6-8-17(12-19(15)22(30)29-18-5-4-10-27-13-18)28-23(31)20-11-16(7-9-21(20)25)24(2,3)14-26/h4-13H,1-3H3,(H,28,31)(H,29,30). The van der Waals surface area contributed by atoms with Crippen molar-refractivity contribution < 1.29 is 14.0 Å². The molecule has 0 fully saturated rings. The number of hydrogen-bond acceptors (Lipinski definition) is 4. The Hall–Kier alpha value is -4.05. The van der Waals surface area contributed by atoms with E-state index in [9.17, 15) is 19.2 Å². The number of benzene rings is 2. The normalized spacial score (nSPS) is 10.8. The average molecular weight is 416 g/mol. The van der Waals surface area contributed by atoms with E-state index in [4.69, 9.17) is 0 Å². The van der Waals surface area contributed by atoms with Gasteiger partial charge in [0, 0.05) is 17.4 Å². The maximum absolute atomic E-state index is 14.3. The lowest BCUT2D eigenvalue weighted by Crippen LogP contribution is -2.19. The van der Waals surface area contributed by atoms with Gasteiger partial charge in [0.15, 0.2) is 0 Å². The van der Waals surface area contributed by atoms with Crippen LogP contribution in [0.25, 0.3) is 0 Å². The fourth-order valence-corrected chi connectivity index (χ4v) is 2.93. The van der Waals surface area contributed by atoms with Crippen LogP contribution in [-0.2, 0) is 5.41 Å². The molecule has 31 heavy (non-hydrogen) atoms. The van der Waals surface area contributed by atoms with Gasteiger partial charge in [-0.2, -0.15) is 5.26 Å². The second-order valence-corrected chi connectivity index (χ2v) is 7.61. The zero-order chi connectivity index (χ0) is 22.6. The van der Waals surface area contributed by atoms with E-state index < -0.39 is 17.1 Å². The van der Waals surface area contributed by atoms with E-state index in [-0.39, 0.29) is 11.5 Å². The molecule has 0 atom stereocenters. The number of nitrogens with one attached hydrogen (secondary N) is 2. The molecular formula is C24H21FN4O2. The molecule has 0 radical (unpaired) electrons. The molecule has 2 amide bonds. The third-order valence-electron chi connectivity index (χ3n) is 4.87. The molecule has 0 aliphatic heterocycles. The predicted octanol–water partition coefficient (Wildman–Crippen LogP) is 4.83. The second kappa shape index (κ2) is 8.76. The summed E-state index contributed by atoms with van der Waals surface area (Å²) in [7, 11) is 0. The summed E-state index contributed by atoms with van der Waals surface area (Å²) >= 11 is 0. The number of carbonyl (C=O) groups is 2. The lowest BCUT2D eigenvalue weighted by molar-refractivity contribution is 0.101. The Kier molecular flexibility index (Phi) is 6.12. The van der Waals surface area contributed by atoms with Crippen LogP contribution in [0.3, 0.4) is 0 Å². The lowest BCUT2D eigenvalue weighted by Gasteiger charge is -2.17. The maximum Gasteiger partial charge on any atom is 0.258 e. The van der Waals surface area contributed by atoms with Crippen LogP contribution < -0.4 is 10.6 Å². The molecule has 1 heterocycles. The van der Waals surface area contributed by atoms with Crippen molar-refractivity contribution in [2.24, 2.45) is 0 Å². The van der Waals surface area contributed by atoms with Gasteiger partial charge in [0.2, 0.25) is 0 Å². The van der Waals surface area contributed by atoms with Crippen molar-refractivity contribution in [3.05, 3.63) is 89.0 Å². The molecule has 3 rings (SSSR count). The Bertz CT molecular complexity index is 1180. The van der Waals surface area contributed by atoms with E-state index in [0.717, 1.165) is 0 Å². The first kappa shape index (κ1) is 21.7. The van der Waals surface area contributed by atoms with Crippen molar-refractivity contribution in [1.29, 1.82) is 5.26 Å². The van der Waals surface area contributed by atoms with Crippen molar-refractivity contribution >= 4 is 23.2 Å². The lowest BCUT2D eigenvalue weighted by atomic mass is 9.85. The zero-order valence-electron chi connectivity index (χ0n) is 17.4. The average Bonchev–Trinajstić information content (AvgIpc) is 2.75. The van der Waals surface area contributed by atoms with Gasteiger partial charge in [0.1, 0.15) is 5.82 Å². The molecule has 0 aliphatic rings. The number of rotatable bonds is 5. The van der Waals surface area contributed by atoms with Crippen LogP contribution in [0.5, 0.6) is 0 Å². The van der Waals surface area contributed by atoms with Crippen molar-refractivity contribution in [3.8, 4) is 6.07 Å². The van der Waals surface area contributed by atoms with Gasteiger partial charge in [0.05, 0.1) is 28.9 Å².